The Balaban J connectivity index is 1.72. The molecule has 1 aliphatic heterocycles. The second-order valence-corrected chi connectivity index (χ2v) is 3.74. The zero-order valence-electron chi connectivity index (χ0n) is 8.82. The first-order chi connectivity index (χ1) is 7.74. The molecule has 1 fully saturated rings. The van der Waals surface area contributed by atoms with Gasteiger partial charge in [0.25, 0.3) is 0 Å². The topological polar surface area (TPSA) is 35.5 Å². The predicted octanol–water partition coefficient (Wildman–Crippen LogP) is 2.30. The van der Waals surface area contributed by atoms with Crippen LogP contribution in [-0.2, 0) is 9.53 Å². The van der Waals surface area contributed by atoms with Crippen LogP contribution in [0.25, 0.3) is 0 Å². The zero-order chi connectivity index (χ0) is 11.4. The number of benzene rings is 1. The fourth-order valence-electron chi connectivity index (χ4n) is 1.62. The van der Waals surface area contributed by atoms with Crippen LogP contribution in [0, 0.1) is 5.82 Å². The summed E-state index contributed by atoms with van der Waals surface area (Å²) in [5.74, 6) is 0.217. The molecule has 0 amide bonds. The number of rotatable bonds is 4. The molecule has 86 valence electrons. The van der Waals surface area contributed by atoms with Gasteiger partial charge in [-0.25, -0.2) is 4.39 Å². The lowest BCUT2D eigenvalue weighted by Gasteiger charge is -2.10. The van der Waals surface area contributed by atoms with E-state index in [1.165, 1.54) is 12.1 Å². The van der Waals surface area contributed by atoms with Crippen molar-refractivity contribution < 1.29 is 18.7 Å². The molecular weight excluding hydrogens is 211 g/mol. The summed E-state index contributed by atoms with van der Waals surface area (Å²) in [4.78, 5) is 10.8. The minimum Gasteiger partial charge on any atom is -0.493 e. The van der Waals surface area contributed by atoms with E-state index in [1.807, 2.05) is 0 Å². The van der Waals surface area contributed by atoms with Gasteiger partial charge in [0.15, 0.2) is 0 Å². The Bertz CT molecular complexity index is 361. The average molecular weight is 224 g/mol. The third-order valence-electron chi connectivity index (χ3n) is 2.49. The molecule has 2 rings (SSSR count). The molecule has 1 heterocycles. The molecule has 0 unspecified atom stereocenters. The van der Waals surface area contributed by atoms with Crippen LogP contribution in [0.1, 0.15) is 19.3 Å². The fourth-order valence-corrected chi connectivity index (χ4v) is 1.62. The molecule has 0 bridgehead atoms. The van der Waals surface area contributed by atoms with E-state index >= 15 is 0 Å². The van der Waals surface area contributed by atoms with Crippen LogP contribution in [0.5, 0.6) is 5.75 Å². The van der Waals surface area contributed by atoms with Gasteiger partial charge in [0.2, 0.25) is 0 Å². The smallest absolute Gasteiger partial charge is 0.306 e. The Morgan fingerprint density at radius 2 is 2.12 bits per heavy atom. The van der Waals surface area contributed by atoms with E-state index in [1.54, 1.807) is 12.1 Å². The van der Waals surface area contributed by atoms with Gasteiger partial charge in [-0.3, -0.25) is 4.79 Å². The Morgan fingerprint density at radius 1 is 1.38 bits per heavy atom. The molecule has 1 aromatic rings. The second kappa shape index (κ2) is 4.96. The summed E-state index contributed by atoms with van der Waals surface area (Å²) in [6.45, 7) is 0.476. The van der Waals surface area contributed by atoms with Crippen LogP contribution in [0.4, 0.5) is 4.39 Å². The van der Waals surface area contributed by atoms with Gasteiger partial charge in [0, 0.05) is 12.8 Å². The van der Waals surface area contributed by atoms with E-state index in [9.17, 15) is 9.18 Å². The lowest BCUT2D eigenvalue weighted by Crippen LogP contribution is -2.11. The van der Waals surface area contributed by atoms with Gasteiger partial charge in [0.1, 0.15) is 17.7 Å². The molecule has 3 nitrogen and oxygen atoms in total. The van der Waals surface area contributed by atoms with Crippen LogP contribution < -0.4 is 4.74 Å². The molecule has 4 heteroatoms. The van der Waals surface area contributed by atoms with E-state index in [0.717, 1.165) is 6.42 Å². The van der Waals surface area contributed by atoms with Crippen LogP contribution in [-0.4, -0.2) is 18.7 Å². The van der Waals surface area contributed by atoms with Crippen LogP contribution >= 0.6 is 0 Å². The van der Waals surface area contributed by atoms with Crippen molar-refractivity contribution in [3.63, 3.8) is 0 Å². The average Bonchev–Trinajstić information content (AvgIpc) is 2.67. The van der Waals surface area contributed by atoms with Crippen molar-refractivity contribution in [3.8, 4) is 5.75 Å². The van der Waals surface area contributed by atoms with Gasteiger partial charge in [0.05, 0.1) is 6.61 Å². The Hall–Kier alpha value is -1.58. The van der Waals surface area contributed by atoms with Gasteiger partial charge in [-0.05, 0) is 30.7 Å². The maximum absolute atomic E-state index is 12.6. The summed E-state index contributed by atoms with van der Waals surface area (Å²) in [7, 11) is 0. The van der Waals surface area contributed by atoms with Gasteiger partial charge in [-0.2, -0.15) is 0 Å². The molecule has 0 N–H and O–H groups in total. The number of hydrogen-bond donors (Lipinski definition) is 0. The lowest BCUT2D eigenvalue weighted by atomic mass is 10.2. The van der Waals surface area contributed by atoms with E-state index in [-0.39, 0.29) is 17.9 Å². The van der Waals surface area contributed by atoms with Crippen LogP contribution in [0.3, 0.4) is 0 Å². The standard InChI is InChI=1S/C12H13FO3/c13-9-1-3-10(4-2-9)15-8-7-11-5-6-12(14)16-11/h1-4,11H,5-8H2/t11-/m1/s1. The first-order valence-corrected chi connectivity index (χ1v) is 5.32. The van der Waals surface area contributed by atoms with Crippen molar-refractivity contribution in [2.24, 2.45) is 0 Å². The predicted molar refractivity (Wildman–Crippen MR) is 55.6 cm³/mol. The van der Waals surface area contributed by atoms with Gasteiger partial charge >= 0.3 is 5.97 Å². The fraction of sp³-hybridized carbons (Fsp3) is 0.417. The van der Waals surface area contributed by atoms with Gasteiger partial charge < -0.3 is 9.47 Å². The molecule has 0 aliphatic carbocycles. The maximum atomic E-state index is 12.6. The SMILES string of the molecule is O=C1CC[C@H](CCOc2ccc(F)cc2)O1. The third-order valence-corrected chi connectivity index (χ3v) is 2.49. The summed E-state index contributed by atoms with van der Waals surface area (Å²) in [5.41, 5.74) is 0. The number of carbonyl (C=O) groups excluding carboxylic acids is 1. The monoisotopic (exact) mass is 224 g/mol. The highest BCUT2D eigenvalue weighted by Crippen LogP contribution is 2.18. The van der Waals surface area contributed by atoms with E-state index in [4.69, 9.17) is 9.47 Å². The first-order valence-electron chi connectivity index (χ1n) is 5.32. The molecule has 1 aromatic carbocycles. The molecule has 0 aromatic heterocycles. The minimum atomic E-state index is -0.280. The van der Waals surface area contributed by atoms with Crippen molar-refractivity contribution >= 4 is 5.97 Å². The minimum absolute atomic E-state index is 0.0204. The molecule has 1 atom stereocenters. The quantitative estimate of drug-likeness (QED) is 0.736. The summed E-state index contributed by atoms with van der Waals surface area (Å²) >= 11 is 0. The highest BCUT2D eigenvalue weighted by molar-refractivity contribution is 5.71. The van der Waals surface area contributed by atoms with Crippen molar-refractivity contribution in [2.75, 3.05) is 6.61 Å². The van der Waals surface area contributed by atoms with Crippen molar-refractivity contribution in [1.29, 1.82) is 0 Å². The number of hydrogen-bond acceptors (Lipinski definition) is 3. The molecule has 0 radical (unpaired) electrons. The zero-order valence-corrected chi connectivity index (χ0v) is 8.82. The molecule has 1 aliphatic rings. The second-order valence-electron chi connectivity index (χ2n) is 3.74. The molecule has 16 heavy (non-hydrogen) atoms. The number of esters is 1. The number of cyclic esters (lactones) is 1. The van der Waals surface area contributed by atoms with Crippen molar-refractivity contribution in [3.05, 3.63) is 30.1 Å². The number of halogens is 1. The van der Waals surface area contributed by atoms with Crippen LogP contribution in [0.2, 0.25) is 0 Å². The molecule has 0 spiro atoms. The number of carbonyl (C=O) groups is 1. The van der Waals surface area contributed by atoms with Crippen LogP contribution in [0.15, 0.2) is 24.3 Å². The summed E-state index contributed by atoms with van der Waals surface area (Å²) in [6.07, 6.45) is 1.93. The Kier molecular flexibility index (Phi) is 3.39. The van der Waals surface area contributed by atoms with E-state index in [0.29, 0.717) is 25.2 Å². The summed E-state index contributed by atoms with van der Waals surface area (Å²) < 4.78 is 23.0. The summed E-state index contributed by atoms with van der Waals surface area (Å²) in [6, 6.07) is 5.86. The maximum Gasteiger partial charge on any atom is 0.306 e. The largest absolute Gasteiger partial charge is 0.493 e. The van der Waals surface area contributed by atoms with Crippen molar-refractivity contribution in [2.45, 2.75) is 25.4 Å². The highest BCUT2D eigenvalue weighted by atomic mass is 19.1. The normalized spacial score (nSPS) is 19.6. The molecular formula is C12H13FO3. The summed E-state index contributed by atoms with van der Waals surface area (Å²) in [5, 5.41) is 0. The van der Waals surface area contributed by atoms with Crippen molar-refractivity contribution in [1.82, 2.24) is 0 Å². The Morgan fingerprint density at radius 3 is 2.75 bits per heavy atom. The molecule has 0 saturated carbocycles. The third kappa shape index (κ3) is 2.95. The lowest BCUT2D eigenvalue weighted by molar-refractivity contribution is -0.141. The van der Waals surface area contributed by atoms with E-state index in [2.05, 4.69) is 0 Å². The highest BCUT2D eigenvalue weighted by Gasteiger charge is 2.22. The number of ether oxygens (including phenoxy) is 2. The van der Waals surface area contributed by atoms with E-state index < -0.39 is 0 Å². The van der Waals surface area contributed by atoms with Gasteiger partial charge in [-0.1, -0.05) is 0 Å². The van der Waals surface area contributed by atoms with Gasteiger partial charge in [-0.15, -0.1) is 0 Å². The molecule has 1 saturated heterocycles. The Labute approximate surface area is 93.2 Å². The first kappa shape index (κ1) is 10.9.